The number of thiophene rings is 1. The van der Waals surface area contributed by atoms with E-state index in [1.54, 1.807) is 46.2 Å². The highest BCUT2D eigenvalue weighted by Gasteiger charge is 2.15. The molecule has 0 atom stereocenters. The first-order valence-electron chi connectivity index (χ1n) is 10.4. The summed E-state index contributed by atoms with van der Waals surface area (Å²) in [6.45, 7) is 0. The van der Waals surface area contributed by atoms with Crippen molar-refractivity contribution in [2.24, 2.45) is 0 Å². The van der Waals surface area contributed by atoms with Gasteiger partial charge in [0.05, 0.1) is 10.6 Å². The molecule has 0 fully saturated rings. The van der Waals surface area contributed by atoms with E-state index < -0.39 is 11.5 Å². The third kappa shape index (κ3) is 3.54. The van der Waals surface area contributed by atoms with Crippen molar-refractivity contribution in [3.05, 3.63) is 100 Å². The number of fused-ring (bicyclic) bond motifs is 2. The van der Waals surface area contributed by atoms with E-state index in [9.17, 15) is 9.59 Å². The zero-order valence-electron chi connectivity index (χ0n) is 17.5. The predicted molar refractivity (Wildman–Crippen MR) is 130 cm³/mol. The molecular weight excluding hydrogens is 450 g/mol. The number of nitrogens with zero attached hydrogens (tertiary/aromatic N) is 4. The third-order valence-electron chi connectivity index (χ3n) is 5.31. The van der Waals surface area contributed by atoms with Gasteiger partial charge in [0.15, 0.2) is 11.5 Å². The van der Waals surface area contributed by atoms with E-state index in [1.807, 2.05) is 47.8 Å². The lowest BCUT2D eigenvalue weighted by Gasteiger charge is -2.08. The molecule has 0 spiro atoms. The highest BCUT2D eigenvalue weighted by atomic mass is 32.1. The Hall–Kier alpha value is -4.63. The number of nitrogens with one attached hydrogen (secondary N) is 1. The molecule has 0 aliphatic heterocycles. The summed E-state index contributed by atoms with van der Waals surface area (Å²) in [6.07, 6.45) is 0. The second-order valence-electron chi connectivity index (χ2n) is 7.51. The molecule has 0 radical (unpaired) electrons. The molecule has 34 heavy (non-hydrogen) atoms. The van der Waals surface area contributed by atoms with Crippen LogP contribution in [0, 0.1) is 0 Å². The second-order valence-corrected chi connectivity index (χ2v) is 8.46. The van der Waals surface area contributed by atoms with Crippen LogP contribution in [0.25, 0.3) is 38.6 Å². The molecule has 0 aliphatic rings. The molecule has 9 heteroatoms. The number of anilines is 1. The first-order valence-corrected chi connectivity index (χ1v) is 11.2. The van der Waals surface area contributed by atoms with E-state index in [-0.39, 0.29) is 5.56 Å². The molecule has 6 rings (SSSR count). The van der Waals surface area contributed by atoms with Crippen LogP contribution in [0.2, 0.25) is 0 Å². The summed E-state index contributed by atoms with van der Waals surface area (Å²) < 4.78 is 6.98. The zero-order valence-corrected chi connectivity index (χ0v) is 18.3. The second kappa shape index (κ2) is 8.05. The summed E-state index contributed by atoms with van der Waals surface area (Å²) in [4.78, 5) is 26.1. The number of aromatic nitrogens is 4. The molecule has 1 N–H and O–H groups in total. The maximum Gasteiger partial charge on any atom is 0.349 e. The number of rotatable bonds is 4. The van der Waals surface area contributed by atoms with Gasteiger partial charge in [0.2, 0.25) is 0 Å². The van der Waals surface area contributed by atoms with Crippen LogP contribution in [0.3, 0.4) is 0 Å². The first kappa shape index (κ1) is 20.0. The highest BCUT2D eigenvalue weighted by molar-refractivity contribution is 7.13. The van der Waals surface area contributed by atoms with E-state index in [0.717, 1.165) is 10.4 Å². The summed E-state index contributed by atoms with van der Waals surface area (Å²) in [5.74, 6) is 0.123. The van der Waals surface area contributed by atoms with Crippen molar-refractivity contribution in [3.8, 4) is 22.0 Å². The Morgan fingerprint density at radius 3 is 2.74 bits per heavy atom. The van der Waals surface area contributed by atoms with Crippen LogP contribution >= 0.6 is 11.3 Å². The number of amides is 1. The quantitative estimate of drug-likeness (QED) is 0.372. The Kier molecular flexibility index (Phi) is 4.74. The van der Waals surface area contributed by atoms with Gasteiger partial charge in [-0.2, -0.15) is 9.61 Å². The van der Waals surface area contributed by atoms with Gasteiger partial charge in [-0.3, -0.25) is 4.79 Å². The fourth-order valence-corrected chi connectivity index (χ4v) is 4.37. The van der Waals surface area contributed by atoms with Gasteiger partial charge in [0.25, 0.3) is 5.91 Å². The van der Waals surface area contributed by atoms with Crippen molar-refractivity contribution in [2.45, 2.75) is 0 Å². The SMILES string of the molecule is O=C(Nc1cccc(-c2ccc3nnc(-c4cccs4)n3n2)c1)c1cc2ccccc2oc1=O. The molecule has 164 valence electrons. The van der Waals surface area contributed by atoms with Crippen LogP contribution in [-0.4, -0.2) is 25.7 Å². The maximum atomic E-state index is 12.8. The summed E-state index contributed by atoms with van der Waals surface area (Å²) in [6, 6.07) is 23.5. The number of hydrogen-bond donors (Lipinski definition) is 1. The van der Waals surface area contributed by atoms with Crippen molar-refractivity contribution < 1.29 is 9.21 Å². The molecular formula is C25H15N5O3S. The minimum absolute atomic E-state index is 0.0614. The molecule has 4 aromatic heterocycles. The van der Waals surface area contributed by atoms with Crippen molar-refractivity contribution in [1.29, 1.82) is 0 Å². The molecule has 0 bridgehead atoms. The number of para-hydroxylation sites is 1. The van der Waals surface area contributed by atoms with Gasteiger partial charge in [0.1, 0.15) is 11.1 Å². The van der Waals surface area contributed by atoms with Gasteiger partial charge in [-0.25, -0.2) is 4.79 Å². The van der Waals surface area contributed by atoms with E-state index >= 15 is 0 Å². The predicted octanol–water partition coefficient (Wildman–Crippen LogP) is 4.88. The molecule has 8 nitrogen and oxygen atoms in total. The smallest absolute Gasteiger partial charge is 0.349 e. The van der Waals surface area contributed by atoms with Crippen LogP contribution in [-0.2, 0) is 0 Å². The fraction of sp³-hybridized carbons (Fsp3) is 0. The molecule has 0 saturated carbocycles. The summed E-state index contributed by atoms with van der Waals surface area (Å²) in [5.41, 5.74) is 2.33. The van der Waals surface area contributed by atoms with Crippen LogP contribution in [0.1, 0.15) is 10.4 Å². The molecule has 0 aliphatic carbocycles. The van der Waals surface area contributed by atoms with E-state index in [2.05, 4.69) is 15.5 Å². The van der Waals surface area contributed by atoms with Crippen molar-refractivity contribution in [1.82, 2.24) is 19.8 Å². The van der Waals surface area contributed by atoms with Gasteiger partial charge >= 0.3 is 5.63 Å². The van der Waals surface area contributed by atoms with Crippen molar-refractivity contribution in [3.63, 3.8) is 0 Å². The minimum atomic E-state index is -0.687. The lowest BCUT2D eigenvalue weighted by molar-refractivity contribution is 0.102. The Morgan fingerprint density at radius 1 is 0.941 bits per heavy atom. The highest BCUT2D eigenvalue weighted by Crippen LogP contribution is 2.26. The van der Waals surface area contributed by atoms with Crippen LogP contribution in [0.4, 0.5) is 5.69 Å². The van der Waals surface area contributed by atoms with Crippen LogP contribution in [0.5, 0.6) is 0 Å². The number of benzene rings is 2. The zero-order chi connectivity index (χ0) is 23.1. The molecule has 0 unspecified atom stereocenters. The molecule has 2 aromatic carbocycles. The number of carbonyl (C=O) groups is 1. The summed E-state index contributed by atoms with van der Waals surface area (Å²) in [5, 5.41) is 18.6. The Bertz CT molecular complexity index is 1740. The van der Waals surface area contributed by atoms with Gasteiger partial charge in [0, 0.05) is 16.6 Å². The maximum absolute atomic E-state index is 12.8. The lowest BCUT2D eigenvalue weighted by Crippen LogP contribution is -2.20. The lowest BCUT2D eigenvalue weighted by atomic mass is 10.1. The third-order valence-corrected chi connectivity index (χ3v) is 6.17. The largest absolute Gasteiger partial charge is 0.422 e. The minimum Gasteiger partial charge on any atom is -0.422 e. The Morgan fingerprint density at radius 2 is 1.85 bits per heavy atom. The Labute approximate surface area is 196 Å². The number of hydrogen-bond acceptors (Lipinski definition) is 7. The first-order chi connectivity index (χ1) is 16.7. The topological polar surface area (TPSA) is 102 Å². The monoisotopic (exact) mass is 465 g/mol. The van der Waals surface area contributed by atoms with Crippen LogP contribution < -0.4 is 10.9 Å². The average Bonchev–Trinajstić information content (AvgIpc) is 3.53. The number of carbonyl (C=O) groups excluding carboxylic acids is 1. The molecule has 4 heterocycles. The molecule has 6 aromatic rings. The standard InChI is InChI=1S/C25H15N5O3S/c31-24(18-14-16-5-1-2-8-20(16)33-25(18)32)26-17-7-3-6-15(13-17)19-10-11-22-27-28-23(30(22)29-19)21-9-4-12-34-21/h1-14H,(H,26,31). The van der Waals surface area contributed by atoms with E-state index in [0.29, 0.717) is 33.8 Å². The van der Waals surface area contributed by atoms with Gasteiger partial charge in [-0.05, 0) is 47.8 Å². The summed E-state index contributed by atoms with van der Waals surface area (Å²) in [7, 11) is 0. The fourth-order valence-electron chi connectivity index (χ4n) is 3.68. The Balaban J connectivity index is 1.33. The van der Waals surface area contributed by atoms with Crippen molar-refractivity contribution >= 4 is 39.5 Å². The van der Waals surface area contributed by atoms with Gasteiger partial charge in [-0.15, -0.1) is 21.5 Å². The van der Waals surface area contributed by atoms with Gasteiger partial charge in [-0.1, -0.05) is 36.4 Å². The van der Waals surface area contributed by atoms with Gasteiger partial charge < -0.3 is 9.73 Å². The van der Waals surface area contributed by atoms with E-state index in [4.69, 9.17) is 9.52 Å². The normalized spacial score (nSPS) is 11.2. The average molecular weight is 465 g/mol. The summed E-state index contributed by atoms with van der Waals surface area (Å²) >= 11 is 1.56. The van der Waals surface area contributed by atoms with E-state index in [1.165, 1.54) is 6.07 Å². The molecule has 0 saturated heterocycles. The van der Waals surface area contributed by atoms with Crippen LogP contribution in [0.15, 0.2) is 93.5 Å². The molecule has 1 amide bonds. The van der Waals surface area contributed by atoms with Crippen molar-refractivity contribution in [2.75, 3.05) is 5.32 Å².